The van der Waals surface area contributed by atoms with Crippen LogP contribution < -0.4 is 4.74 Å². The molecule has 6 rings (SSSR count). The molecule has 6 heteroatoms. The fourth-order valence-corrected chi connectivity index (χ4v) is 5.92. The maximum atomic E-state index is 13.0. The molecule has 4 aliphatic rings. The van der Waals surface area contributed by atoms with Crippen LogP contribution in [-0.2, 0) is 16.2 Å². The normalized spacial score (nSPS) is 29.4. The zero-order valence-electron chi connectivity index (χ0n) is 16.8. The van der Waals surface area contributed by atoms with Gasteiger partial charge in [0.15, 0.2) is 0 Å². The third kappa shape index (κ3) is 2.79. The molecular weight excluding hydrogens is 412 g/mol. The summed E-state index contributed by atoms with van der Waals surface area (Å²) < 4.78 is 5.79. The highest BCUT2D eigenvalue weighted by atomic mass is 35.5. The highest BCUT2D eigenvalue weighted by molar-refractivity contribution is 6.31. The lowest BCUT2D eigenvalue weighted by Gasteiger charge is -2.18. The van der Waals surface area contributed by atoms with E-state index in [2.05, 4.69) is 17.3 Å². The lowest BCUT2D eigenvalue weighted by molar-refractivity contribution is -0.141. The van der Waals surface area contributed by atoms with Gasteiger partial charge in [0.05, 0.1) is 18.1 Å². The number of nitrogens with zero attached hydrogens (tertiary/aromatic N) is 2. The summed E-state index contributed by atoms with van der Waals surface area (Å²) >= 11 is 6.16. The Morgan fingerprint density at radius 2 is 1.65 bits per heavy atom. The Hall–Kier alpha value is -2.92. The van der Waals surface area contributed by atoms with Crippen LogP contribution in [0, 0.1) is 29.1 Å². The van der Waals surface area contributed by atoms with Gasteiger partial charge in [-0.3, -0.25) is 9.59 Å². The number of carbonyl (C=O) groups excluding carboxylic acids is 2. The summed E-state index contributed by atoms with van der Waals surface area (Å²) in [5.41, 5.74) is 1.92. The third-order valence-electron chi connectivity index (χ3n) is 7.38. The highest BCUT2D eigenvalue weighted by Gasteiger charge is 2.73. The van der Waals surface area contributed by atoms with Gasteiger partial charge in [0.1, 0.15) is 12.4 Å². The van der Waals surface area contributed by atoms with Gasteiger partial charge in [-0.05, 0) is 66.0 Å². The molecule has 0 unspecified atom stereocenters. The number of fused-ring (bicyclic) bond motifs is 3. The standard InChI is InChI=1S/C25H21ClN2O3/c26-20-4-2-1-3-16(20)14-31-17-7-5-15(6-8-17)13-27-28-23(29)21-18-9-10-19(22(21)24(28)30)25(18)11-12-25/h1-10,13,18-19,21-22H,11-12,14H2/b27-13-/t18-,19-,21+,22+/m1/s1. The van der Waals surface area contributed by atoms with Crippen LogP contribution in [0.3, 0.4) is 0 Å². The maximum Gasteiger partial charge on any atom is 0.254 e. The quantitative estimate of drug-likeness (QED) is 0.398. The minimum Gasteiger partial charge on any atom is -0.489 e. The van der Waals surface area contributed by atoms with E-state index in [0.29, 0.717) is 17.4 Å². The Bertz CT molecular complexity index is 1100. The molecule has 3 fully saturated rings. The van der Waals surface area contributed by atoms with Gasteiger partial charge in [0.2, 0.25) is 0 Å². The Morgan fingerprint density at radius 1 is 1.00 bits per heavy atom. The lowest BCUT2D eigenvalue weighted by atomic mass is 9.85. The number of hydrazone groups is 1. The Morgan fingerprint density at radius 3 is 2.26 bits per heavy atom. The van der Waals surface area contributed by atoms with Crippen LogP contribution in [-0.4, -0.2) is 23.0 Å². The van der Waals surface area contributed by atoms with Crippen LogP contribution in [0.1, 0.15) is 24.0 Å². The smallest absolute Gasteiger partial charge is 0.254 e. The molecule has 2 bridgehead atoms. The molecule has 156 valence electrons. The zero-order chi connectivity index (χ0) is 21.2. The van der Waals surface area contributed by atoms with E-state index in [0.717, 1.165) is 29.0 Å². The molecule has 1 heterocycles. The molecule has 0 radical (unpaired) electrons. The van der Waals surface area contributed by atoms with Gasteiger partial charge in [-0.25, -0.2) is 0 Å². The first-order valence-corrected chi connectivity index (χ1v) is 11.0. The molecule has 5 nitrogen and oxygen atoms in total. The van der Waals surface area contributed by atoms with Crippen LogP contribution in [0.2, 0.25) is 5.02 Å². The van der Waals surface area contributed by atoms with E-state index in [-0.39, 0.29) is 40.9 Å². The SMILES string of the molecule is O=C1[C@@H]2[C@@H](C(=O)N1/N=C\c1ccc(OCc3ccccc3Cl)cc1)[C@H]1C=C[C@H]2C12CC2. The van der Waals surface area contributed by atoms with E-state index in [1.807, 2.05) is 48.5 Å². The molecule has 31 heavy (non-hydrogen) atoms. The number of carbonyl (C=O) groups is 2. The van der Waals surface area contributed by atoms with Gasteiger partial charge < -0.3 is 4.74 Å². The largest absolute Gasteiger partial charge is 0.489 e. The fourth-order valence-electron chi connectivity index (χ4n) is 5.73. The second-order valence-corrected chi connectivity index (χ2v) is 9.31. The van der Waals surface area contributed by atoms with Crippen molar-refractivity contribution in [3.05, 3.63) is 76.8 Å². The topological polar surface area (TPSA) is 59.0 Å². The summed E-state index contributed by atoms with van der Waals surface area (Å²) in [6.45, 7) is 0.379. The number of allylic oxidation sites excluding steroid dienone is 2. The molecule has 2 aromatic carbocycles. The van der Waals surface area contributed by atoms with Crippen molar-refractivity contribution in [2.45, 2.75) is 19.4 Å². The van der Waals surface area contributed by atoms with Gasteiger partial charge >= 0.3 is 0 Å². The van der Waals surface area contributed by atoms with Crippen LogP contribution in [0.4, 0.5) is 0 Å². The number of ether oxygens (including phenoxy) is 1. The van der Waals surface area contributed by atoms with Crippen LogP contribution >= 0.6 is 11.6 Å². The average molecular weight is 433 g/mol. The van der Waals surface area contributed by atoms with Crippen LogP contribution in [0.25, 0.3) is 0 Å². The van der Waals surface area contributed by atoms with Crippen molar-refractivity contribution in [1.82, 2.24) is 5.01 Å². The van der Waals surface area contributed by atoms with E-state index in [1.165, 1.54) is 0 Å². The molecule has 1 aliphatic heterocycles. The van der Waals surface area contributed by atoms with Crippen molar-refractivity contribution in [2.75, 3.05) is 0 Å². The Labute approximate surface area is 185 Å². The second kappa shape index (κ2) is 6.79. The molecule has 3 aliphatic carbocycles. The van der Waals surface area contributed by atoms with Crippen molar-refractivity contribution >= 4 is 29.6 Å². The van der Waals surface area contributed by atoms with Crippen LogP contribution in [0.5, 0.6) is 5.75 Å². The van der Waals surface area contributed by atoms with E-state index in [9.17, 15) is 9.59 Å². The van der Waals surface area contributed by atoms with E-state index >= 15 is 0 Å². The number of rotatable bonds is 5. The molecule has 4 atom stereocenters. The highest BCUT2D eigenvalue weighted by Crippen LogP contribution is 2.73. The molecule has 2 saturated carbocycles. The van der Waals surface area contributed by atoms with Crippen molar-refractivity contribution < 1.29 is 14.3 Å². The summed E-state index contributed by atoms with van der Waals surface area (Å²) in [6.07, 6.45) is 8.17. The van der Waals surface area contributed by atoms with Crippen molar-refractivity contribution in [2.24, 2.45) is 34.2 Å². The van der Waals surface area contributed by atoms with Gasteiger partial charge in [0.25, 0.3) is 11.8 Å². The van der Waals surface area contributed by atoms with Crippen molar-refractivity contribution in [3.8, 4) is 5.75 Å². The monoisotopic (exact) mass is 432 g/mol. The predicted octanol–water partition coefficient (Wildman–Crippen LogP) is 4.45. The first-order chi connectivity index (χ1) is 15.1. The summed E-state index contributed by atoms with van der Waals surface area (Å²) in [5.74, 6) is 0.410. The van der Waals surface area contributed by atoms with Crippen molar-refractivity contribution in [1.29, 1.82) is 0 Å². The molecule has 0 aromatic heterocycles. The predicted molar refractivity (Wildman–Crippen MR) is 116 cm³/mol. The first kappa shape index (κ1) is 18.8. The summed E-state index contributed by atoms with van der Waals surface area (Å²) in [7, 11) is 0. The molecule has 1 saturated heterocycles. The summed E-state index contributed by atoms with van der Waals surface area (Å²) in [5, 5.41) is 6.03. The second-order valence-electron chi connectivity index (χ2n) is 8.90. The van der Waals surface area contributed by atoms with E-state index in [4.69, 9.17) is 16.3 Å². The van der Waals surface area contributed by atoms with Gasteiger partial charge in [-0.2, -0.15) is 10.1 Å². The molecule has 2 aromatic rings. The van der Waals surface area contributed by atoms with Gasteiger partial charge in [-0.15, -0.1) is 0 Å². The Balaban J connectivity index is 1.12. The number of benzene rings is 2. The minimum absolute atomic E-state index is 0.144. The number of hydrogen-bond donors (Lipinski definition) is 0. The molecular formula is C25H21ClN2O3. The number of halogens is 1. The summed E-state index contributed by atoms with van der Waals surface area (Å²) in [6, 6.07) is 14.9. The third-order valence-corrected chi connectivity index (χ3v) is 7.75. The fraction of sp³-hybridized carbons (Fsp3) is 0.320. The first-order valence-electron chi connectivity index (χ1n) is 10.6. The van der Waals surface area contributed by atoms with Gasteiger partial charge in [0, 0.05) is 10.6 Å². The molecule has 0 N–H and O–H groups in total. The minimum atomic E-state index is -0.220. The number of hydrogen-bond acceptors (Lipinski definition) is 4. The summed E-state index contributed by atoms with van der Waals surface area (Å²) in [4.78, 5) is 25.9. The van der Waals surface area contributed by atoms with Crippen molar-refractivity contribution in [3.63, 3.8) is 0 Å². The van der Waals surface area contributed by atoms with Crippen LogP contribution in [0.15, 0.2) is 65.8 Å². The van der Waals surface area contributed by atoms with Gasteiger partial charge in [-0.1, -0.05) is 42.0 Å². The molecule has 1 spiro atoms. The Kier molecular flexibility index (Phi) is 4.12. The van der Waals surface area contributed by atoms with E-state index in [1.54, 1.807) is 6.21 Å². The number of imide groups is 1. The van der Waals surface area contributed by atoms with E-state index < -0.39 is 0 Å². The molecule has 2 amide bonds. The zero-order valence-corrected chi connectivity index (χ0v) is 17.5. The number of amides is 2. The average Bonchev–Trinajstić information content (AvgIpc) is 3.38. The maximum absolute atomic E-state index is 13.0. The lowest BCUT2D eigenvalue weighted by Crippen LogP contribution is -2.30.